The van der Waals surface area contributed by atoms with Crippen LogP contribution in [0.1, 0.15) is 81.6 Å². The summed E-state index contributed by atoms with van der Waals surface area (Å²) in [5.74, 6) is -3.79. The lowest BCUT2D eigenvalue weighted by atomic mass is 9.85. The molecule has 0 bridgehead atoms. The fourth-order valence-corrected chi connectivity index (χ4v) is 4.86. The number of carbonyl (C=O) groups excluding carboxylic acids is 5. The predicted molar refractivity (Wildman–Crippen MR) is 152 cm³/mol. The average Bonchev–Trinajstić information content (AvgIpc) is 3.32. The first-order valence-electron chi connectivity index (χ1n) is 14.2. The molecule has 0 radical (unpaired) electrons. The van der Waals surface area contributed by atoms with Crippen molar-refractivity contribution in [3.8, 4) is 0 Å². The summed E-state index contributed by atoms with van der Waals surface area (Å²) in [6.07, 6.45) is 0.800. The number of nitrogens with zero attached hydrogens (tertiary/aromatic N) is 1. The second-order valence-electron chi connectivity index (χ2n) is 13.1. The number of hydrogen-bond acceptors (Lipinski definition) is 8. The predicted octanol–water partition coefficient (Wildman–Crippen LogP) is 2.20. The van der Waals surface area contributed by atoms with Gasteiger partial charge in [0.15, 0.2) is 5.79 Å². The molecule has 2 aliphatic heterocycles. The minimum Gasteiger partial charge on any atom is -0.444 e. The lowest BCUT2D eigenvalue weighted by Gasteiger charge is -2.37. The van der Waals surface area contributed by atoms with E-state index in [4.69, 9.17) is 14.2 Å². The van der Waals surface area contributed by atoms with E-state index in [1.165, 1.54) is 11.0 Å². The smallest absolute Gasteiger partial charge is 0.408 e. The van der Waals surface area contributed by atoms with Crippen LogP contribution in [0.4, 0.5) is 4.79 Å². The maximum absolute atomic E-state index is 14.0. The van der Waals surface area contributed by atoms with E-state index in [1.54, 1.807) is 55.4 Å². The van der Waals surface area contributed by atoms with E-state index in [0.717, 1.165) is 6.42 Å². The van der Waals surface area contributed by atoms with Gasteiger partial charge in [-0.1, -0.05) is 46.6 Å². The van der Waals surface area contributed by atoms with Crippen molar-refractivity contribution in [2.45, 2.75) is 123 Å². The van der Waals surface area contributed by atoms with Crippen molar-refractivity contribution in [1.29, 1.82) is 0 Å². The molecule has 5 atom stereocenters. The molecular formula is C29H48N4O8. The molecule has 0 aromatic heterocycles. The highest BCUT2D eigenvalue weighted by Gasteiger charge is 2.58. The average molecular weight is 581 g/mol. The molecule has 4 amide bonds. The summed E-state index contributed by atoms with van der Waals surface area (Å²) < 4.78 is 17.4. The fourth-order valence-electron chi connectivity index (χ4n) is 4.86. The van der Waals surface area contributed by atoms with Crippen molar-refractivity contribution in [2.24, 2.45) is 5.41 Å². The highest BCUT2D eigenvalue weighted by Crippen LogP contribution is 2.38. The number of unbranched alkanes of at least 4 members (excludes halogenated alkanes) is 1. The molecule has 2 aliphatic rings. The number of likely N-dealkylation sites (tertiary alicyclic amines) is 1. The van der Waals surface area contributed by atoms with E-state index in [1.807, 2.05) is 6.92 Å². The number of Topliss-reactive ketones (excluding diaryl/α,β-unsaturated/α-hetero) is 1. The number of ether oxygens (including phenoxy) is 3. The molecule has 12 heteroatoms. The molecule has 0 saturated carbocycles. The van der Waals surface area contributed by atoms with Crippen LogP contribution in [0, 0.1) is 5.41 Å². The SMILES string of the molecule is C=CCNC(=O)C(=O)C(CCCC)NC(=O)C1C2OC(C)(C)OC2CN1C(=O)C(NC(=O)OC(C)(C)C)C(C)(C)C. The van der Waals surface area contributed by atoms with Crippen LogP contribution in [0.15, 0.2) is 12.7 Å². The van der Waals surface area contributed by atoms with Crippen molar-refractivity contribution in [2.75, 3.05) is 13.1 Å². The van der Waals surface area contributed by atoms with Gasteiger partial charge < -0.3 is 35.1 Å². The first-order valence-corrected chi connectivity index (χ1v) is 14.2. The Bertz CT molecular complexity index is 1010. The van der Waals surface area contributed by atoms with Crippen molar-refractivity contribution < 1.29 is 38.2 Å². The van der Waals surface area contributed by atoms with E-state index in [0.29, 0.717) is 6.42 Å². The zero-order valence-electron chi connectivity index (χ0n) is 25.9. The molecule has 232 valence electrons. The molecule has 2 rings (SSSR count). The van der Waals surface area contributed by atoms with Crippen molar-refractivity contribution in [3.05, 3.63) is 12.7 Å². The summed E-state index contributed by atoms with van der Waals surface area (Å²) in [5, 5.41) is 7.83. The number of rotatable bonds is 11. The molecule has 2 saturated heterocycles. The minimum atomic E-state index is -1.17. The van der Waals surface area contributed by atoms with Crippen LogP contribution >= 0.6 is 0 Å². The van der Waals surface area contributed by atoms with Gasteiger partial charge in [0, 0.05) is 6.54 Å². The van der Waals surface area contributed by atoms with Gasteiger partial charge in [-0.15, -0.1) is 6.58 Å². The van der Waals surface area contributed by atoms with E-state index in [9.17, 15) is 24.0 Å². The molecule has 5 unspecified atom stereocenters. The number of ketones is 1. The summed E-state index contributed by atoms with van der Waals surface area (Å²) in [6, 6.07) is -3.33. The van der Waals surface area contributed by atoms with Crippen LogP contribution in [0.5, 0.6) is 0 Å². The van der Waals surface area contributed by atoms with Gasteiger partial charge in [-0.3, -0.25) is 19.2 Å². The van der Waals surface area contributed by atoms with E-state index >= 15 is 0 Å². The Morgan fingerprint density at radius 1 is 1.07 bits per heavy atom. The van der Waals surface area contributed by atoms with Crippen molar-refractivity contribution in [1.82, 2.24) is 20.9 Å². The van der Waals surface area contributed by atoms with Crippen LogP contribution in [-0.2, 0) is 33.4 Å². The minimum absolute atomic E-state index is 0.0288. The molecule has 41 heavy (non-hydrogen) atoms. The monoisotopic (exact) mass is 580 g/mol. The van der Waals surface area contributed by atoms with Crippen molar-refractivity contribution in [3.63, 3.8) is 0 Å². The molecule has 0 aromatic carbocycles. The summed E-state index contributed by atoms with van der Waals surface area (Å²) in [7, 11) is 0. The standard InChI is InChI=1S/C29H48N4O8/c1-11-13-14-17(20(34)24(36)30-15-12-2)31-23(35)19-21-18(39-29(9,10)40-21)16-33(19)25(37)22(27(3,4)5)32-26(38)41-28(6,7)8/h12,17-19,21-22H,2,11,13-16H2,1,3-10H3,(H,30,36)(H,31,35)(H,32,38). The maximum Gasteiger partial charge on any atom is 0.408 e. The molecule has 2 fully saturated rings. The first-order chi connectivity index (χ1) is 18.8. The Morgan fingerprint density at radius 2 is 1.71 bits per heavy atom. The lowest BCUT2D eigenvalue weighted by Crippen LogP contribution is -2.61. The van der Waals surface area contributed by atoms with Crippen molar-refractivity contribution >= 4 is 29.6 Å². The highest BCUT2D eigenvalue weighted by molar-refractivity contribution is 6.38. The molecule has 0 aromatic rings. The van der Waals surface area contributed by atoms with Gasteiger partial charge >= 0.3 is 6.09 Å². The van der Waals surface area contributed by atoms with E-state index in [2.05, 4.69) is 22.5 Å². The largest absolute Gasteiger partial charge is 0.444 e. The maximum atomic E-state index is 14.0. The molecule has 2 heterocycles. The Kier molecular flexibility index (Phi) is 11.1. The Morgan fingerprint density at radius 3 is 2.24 bits per heavy atom. The van der Waals surface area contributed by atoms with Crippen LogP contribution in [0.25, 0.3) is 0 Å². The van der Waals surface area contributed by atoms with E-state index in [-0.39, 0.29) is 19.5 Å². The summed E-state index contributed by atoms with van der Waals surface area (Å²) in [6.45, 7) is 19.5. The first kappa shape index (κ1) is 34.2. The normalized spacial score (nSPS) is 23.1. The summed E-state index contributed by atoms with van der Waals surface area (Å²) in [4.78, 5) is 67.3. The fraction of sp³-hybridized carbons (Fsp3) is 0.759. The molecule has 0 aliphatic carbocycles. The van der Waals surface area contributed by atoms with Gasteiger partial charge in [-0.2, -0.15) is 0 Å². The summed E-state index contributed by atoms with van der Waals surface area (Å²) >= 11 is 0. The van der Waals surface area contributed by atoms with E-state index < -0.39 is 76.7 Å². The van der Waals surface area contributed by atoms with Crippen LogP contribution in [0.3, 0.4) is 0 Å². The van der Waals surface area contributed by atoms with Gasteiger partial charge in [-0.25, -0.2) is 4.79 Å². The third-order valence-electron chi connectivity index (χ3n) is 6.68. The number of carbonyl (C=O) groups is 5. The van der Waals surface area contributed by atoms with Crippen LogP contribution in [-0.4, -0.2) is 89.3 Å². The molecule has 0 spiro atoms. The van der Waals surface area contributed by atoms with Gasteiger partial charge in [0.25, 0.3) is 5.91 Å². The topological polar surface area (TPSA) is 152 Å². The molecule has 12 nitrogen and oxygen atoms in total. The van der Waals surface area contributed by atoms with Gasteiger partial charge in [0.1, 0.15) is 29.9 Å². The molecular weight excluding hydrogens is 532 g/mol. The van der Waals surface area contributed by atoms with Gasteiger partial charge in [0.05, 0.1) is 12.6 Å². The quantitative estimate of drug-likeness (QED) is 0.248. The Balaban J connectivity index is 2.39. The highest BCUT2D eigenvalue weighted by atomic mass is 16.8. The number of alkyl carbamates (subject to hydrolysis) is 1. The number of amides is 4. The Labute approximate surface area is 243 Å². The van der Waals surface area contributed by atoms with Crippen LogP contribution < -0.4 is 16.0 Å². The lowest BCUT2D eigenvalue weighted by molar-refractivity contribution is -0.171. The number of fused-ring (bicyclic) bond motifs is 1. The second-order valence-corrected chi connectivity index (χ2v) is 13.1. The van der Waals surface area contributed by atoms with Crippen LogP contribution in [0.2, 0.25) is 0 Å². The zero-order chi connectivity index (χ0) is 31.3. The second kappa shape index (κ2) is 13.3. The third-order valence-corrected chi connectivity index (χ3v) is 6.68. The van der Waals surface area contributed by atoms with Gasteiger partial charge in [0.2, 0.25) is 17.6 Å². The summed E-state index contributed by atoms with van der Waals surface area (Å²) in [5.41, 5.74) is -1.54. The third kappa shape index (κ3) is 9.26. The van der Waals surface area contributed by atoms with Gasteiger partial charge in [-0.05, 0) is 46.5 Å². The zero-order valence-corrected chi connectivity index (χ0v) is 25.9. The number of hydrogen-bond donors (Lipinski definition) is 3. The Hall–Kier alpha value is -2.99. The molecule has 3 N–H and O–H groups in total. The number of nitrogens with one attached hydrogen (secondary N) is 3.